The SMILES string of the molecule is CC/C=C\C/C=C\C/C=C\C[C@H]1O[C@H]([C@@H](O)/C=C/[C@H](O)CCC(=O)O)C[C@H]1O. The normalized spacial score (nSPS) is 25.5. The summed E-state index contributed by atoms with van der Waals surface area (Å²) in [6.45, 7) is 2.11. The quantitative estimate of drug-likeness (QED) is 0.358. The molecule has 0 unspecified atom stereocenters. The summed E-state index contributed by atoms with van der Waals surface area (Å²) in [6, 6.07) is 0. The number of hydrogen-bond donors (Lipinski definition) is 4. The molecule has 6 heteroatoms. The van der Waals surface area contributed by atoms with Crippen LogP contribution in [0.5, 0.6) is 0 Å². The summed E-state index contributed by atoms with van der Waals surface area (Å²) in [5.74, 6) is -0.977. The molecule has 0 aromatic carbocycles. The van der Waals surface area contributed by atoms with Crippen molar-refractivity contribution in [3.8, 4) is 0 Å². The summed E-state index contributed by atoms with van der Waals surface area (Å²) in [4.78, 5) is 10.5. The molecule has 0 saturated carbocycles. The minimum Gasteiger partial charge on any atom is -0.481 e. The van der Waals surface area contributed by atoms with Gasteiger partial charge in [-0.05, 0) is 32.1 Å². The molecule has 0 aromatic rings. The molecule has 28 heavy (non-hydrogen) atoms. The standard InChI is InChI=1S/C22H34O6/c1-2-3-4-5-6-7-8-9-10-11-20-19(25)16-21(28-20)18(24)14-12-17(23)13-15-22(26)27/h3-4,6-7,9-10,12,14,17-21,23-25H,2,5,8,11,13,15-16H2,1H3,(H,26,27)/b4-3-,7-6-,10-9-,14-12+/t17-,18-,19+,20+,21-/m0/s1. The fourth-order valence-corrected chi connectivity index (χ4v) is 2.87. The van der Waals surface area contributed by atoms with Crippen molar-refractivity contribution in [1.82, 2.24) is 0 Å². The molecular weight excluding hydrogens is 360 g/mol. The largest absolute Gasteiger partial charge is 0.481 e. The number of carboxylic acid groups (broad SMARTS) is 1. The van der Waals surface area contributed by atoms with Crippen LogP contribution in [-0.4, -0.2) is 56.9 Å². The first-order valence-electron chi connectivity index (χ1n) is 9.98. The van der Waals surface area contributed by atoms with Crippen LogP contribution in [0.2, 0.25) is 0 Å². The van der Waals surface area contributed by atoms with Crippen molar-refractivity contribution < 1.29 is 30.0 Å². The lowest BCUT2D eigenvalue weighted by molar-refractivity contribution is -0.137. The first-order chi connectivity index (χ1) is 13.4. The molecule has 5 atom stereocenters. The van der Waals surface area contributed by atoms with E-state index in [1.54, 1.807) is 0 Å². The highest BCUT2D eigenvalue weighted by Gasteiger charge is 2.36. The lowest BCUT2D eigenvalue weighted by atomic mass is 10.0. The molecule has 158 valence electrons. The summed E-state index contributed by atoms with van der Waals surface area (Å²) in [7, 11) is 0. The molecule has 0 spiro atoms. The first-order valence-corrected chi connectivity index (χ1v) is 9.98. The van der Waals surface area contributed by atoms with Gasteiger partial charge in [0, 0.05) is 12.8 Å². The zero-order valence-electron chi connectivity index (χ0n) is 16.6. The van der Waals surface area contributed by atoms with Gasteiger partial charge in [0.25, 0.3) is 0 Å². The molecule has 1 heterocycles. The van der Waals surface area contributed by atoms with Gasteiger partial charge in [0.05, 0.1) is 30.5 Å². The Morgan fingerprint density at radius 1 is 1.07 bits per heavy atom. The fraction of sp³-hybridized carbons (Fsp3) is 0.591. The zero-order valence-corrected chi connectivity index (χ0v) is 16.6. The van der Waals surface area contributed by atoms with Crippen LogP contribution < -0.4 is 0 Å². The summed E-state index contributed by atoms with van der Waals surface area (Å²) in [5, 5.41) is 38.5. The number of aliphatic hydroxyl groups excluding tert-OH is 3. The van der Waals surface area contributed by atoms with E-state index in [1.807, 2.05) is 12.2 Å². The van der Waals surface area contributed by atoms with Gasteiger partial charge in [0.15, 0.2) is 0 Å². The van der Waals surface area contributed by atoms with E-state index in [0.717, 1.165) is 19.3 Å². The first kappa shape index (κ1) is 24.3. The highest BCUT2D eigenvalue weighted by Crippen LogP contribution is 2.26. The van der Waals surface area contributed by atoms with Crippen molar-refractivity contribution in [2.75, 3.05) is 0 Å². The van der Waals surface area contributed by atoms with Gasteiger partial charge in [-0.1, -0.05) is 55.5 Å². The number of hydrogen-bond acceptors (Lipinski definition) is 5. The van der Waals surface area contributed by atoms with Crippen LogP contribution in [0.3, 0.4) is 0 Å². The molecule has 1 rings (SSSR count). The molecule has 0 aliphatic carbocycles. The van der Waals surface area contributed by atoms with Crippen molar-refractivity contribution in [3.05, 3.63) is 48.6 Å². The van der Waals surface area contributed by atoms with Gasteiger partial charge in [-0.15, -0.1) is 0 Å². The van der Waals surface area contributed by atoms with Crippen molar-refractivity contribution in [1.29, 1.82) is 0 Å². The summed E-state index contributed by atoms with van der Waals surface area (Å²) >= 11 is 0. The number of allylic oxidation sites excluding steroid dienone is 5. The summed E-state index contributed by atoms with van der Waals surface area (Å²) in [6.07, 6.45) is 15.5. The maximum Gasteiger partial charge on any atom is 0.303 e. The van der Waals surface area contributed by atoms with E-state index in [4.69, 9.17) is 9.84 Å². The number of aliphatic carboxylic acids is 1. The summed E-state index contributed by atoms with van der Waals surface area (Å²) < 4.78 is 5.73. The average molecular weight is 395 g/mol. The molecule has 6 nitrogen and oxygen atoms in total. The second-order valence-electron chi connectivity index (χ2n) is 6.92. The molecule has 0 bridgehead atoms. The predicted octanol–water partition coefficient (Wildman–Crippen LogP) is 2.90. The van der Waals surface area contributed by atoms with Crippen LogP contribution in [0.4, 0.5) is 0 Å². The van der Waals surface area contributed by atoms with Gasteiger partial charge >= 0.3 is 5.97 Å². The van der Waals surface area contributed by atoms with Crippen LogP contribution in [0.25, 0.3) is 0 Å². The van der Waals surface area contributed by atoms with Crippen LogP contribution in [0, 0.1) is 0 Å². The van der Waals surface area contributed by atoms with Gasteiger partial charge in [-0.2, -0.15) is 0 Å². The Hall–Kier alpha value is -1.73. The maximum absolute atomic E-state index is 10.5. The van der Waals surface area contributed by atoms with E-state index in [2.05, 4.69) is 31.2 Å². The molecule has 4 N–H and O–H groups in total. The average Bonchev–Trinajstić information content (AvgIpc) is 3.03. The Morgan fingerprint density at radius 3 is 2.36 bits per heavy atom. The molecule has 1 saturated heterocycles. The second kappa shape index (κ2) is 14.3. The Bertz CT molecular complexity index is 551. The monoisotopic (exact) mass is 394 g/mol. The maximum atomic E-state index is 10.5. The number of ether oxygens (including phenoxy) is 1. The lowest BCUT2D eigenvalue weighted by Crippen LogP contribution is -2.24. The van der Waals surface area contributed by atoms with E-state index in [9.17, 15) is 20.1 Å². The van der Waals surface area contributed by atoms with E-state index in [0.29, 0.717) is 12.8 Å². The molecule has 0 aromatic heterocycles. The van der Waals surface area contributed by atoms with Crippen LogP contribution >= 0.6 is 0 Å². The van der Waals surface area contributed by atoms with E-state index < -0.39 is 30.4 Å². The Kier molecular flexibility index (Phi) is 12.4. The van der Waals surface area contributed by atoms with Crippen LogP contribution in [0.15, 0.2) is 48.6 Å². The minimum atomic E-state index is -0.977. The minimum absolute atomic E-state index is 0.0868. The van der Waals surface area contributed by atoms with Crippen molar-refractivity contribution >= 4 is 5.97 Å². The van der Waals surface area contributed by atoms with Gasteiger partial charge in [-0.25, -0.2) is 0 Å². The Balaban J connectivity index is 2.32. The van der Waals surface area contributed by atoms with Crippen LogP contribution in [-0.2, 0) is 9.53 Å². The third-order valence-corrected chi connectivity index (χ3v) is 4.47. The van der Waals surface area contributed by atoms with E-state index >= 15 is 0 Å². The zero-order chi connectivity index (χ0) is 20.8. The molecular formula is C22H34O6. The number of aliphatic hydroxyl groups is 3. The van der Waals surface area contributed by atoms with Crippen LogP contribution in [0.1, 0.15) is 51.9 Å². The number of rotatable bonds is 13. The molecule has 0 amide bonds. The van der Waals surface area contributed by atoms with Crippen molar-refractivity contribution in [3.63, 3.8) is 0 Å². The predicted molar refractivity (Wildman–Crippen MR) is 109 cm³/mol. The summed E-state index contributed by atoms with van der Waals surface area (Å²) in [5.41, 5.74) is 0. The van der Waals surface area contributed by atoms with Gasteiger partial charge < -0.3 is 25.2 Å². The smallest absolute Gasteiger partial charge is 0.303 e. The second-order valence-corrected chi connectivity index (χ2v) is 6.92. The fourth-order valence-electron chi connectivity index (χ4n) is 2.87. The van der Waals surface area contributed by atoms with Gasteiger partial charge in [0.1, 0.15) is 0 Å². The van der Waals surface area contributed by atoms with Crippen molar-refractivity contribution in [2.45, 2.75) is 82.4 Å². The third kappa shape index (κ3) is 10.6. The molecule has 0 radical (unpaired) electrons. The molecule has 1 fully saturated rings. The Morgan fingerprint density at radius 2 is 1.71 bits per heavy atom. The lowest BCUT2D eigenvalue weighted by Gasteiger charge is -2.16. The highest BCUT2D eigenvalue weighted by atomic mass is 16.5. The number of carbonyl (C=O) groups is 1. The van der Waals surface area contributed by atoms with Crippen molar-refractivity contribution in [2.24, 2.45) is 0 Å². The van der Waals surface area contributed by atoms with Gasteiger partial charge in [0.2, 0.25) is 0 Å². The van der Waals surface area contributed by atoms with Gasteiger partial charge in [-0.3, -0.25) is 4.79 Å². The van der Waals surface area contributed by atoms with E-state index in [1.165, 1.54) is 12.2 Å². The molecule has 1 aliphatic rings. The highest BCUT2D eigenvalue weighted by molar-refractivity contribution is 5.66. The number of carboxylic acids is 1. The van der Waals surface area contributed by atoms with E-state index in [-0.39, 0.29) is 18.9 Å². The topological polar surface area (TPSA) is 107 Å². The Labute approximate surface area is 167 Å². The third-order valence-electron chi connectivity index (χ3n) is 4.47. The molecule has 1 aliphatic heterocycles.